The molecule has 0 aliphatic carbocycles. The van der Waals surface area contributed by atoms with Crippen molar-refractivity contribution in [3.8, 4) is 0 Å². The van der Waals surface area contributed by atoms with Gasteiger partial charge in [0.1, 0.15) is 0 Å². The number of hydrogen-bond acceptors (Lipinski definition) is 2. The summed E-state index contributed by atoms with van der Waals surface area (Å²) in [6.07, 6.45) is 5.78. The average Bonchev–Trinajstić information content (AvgIpc) is 2.64. The molecular formula is C10H14N2O. The molecule has 0 bridgehead atoms. The molecule has 70 valence electrons. The van der Waals surface area contributed by atoms with Crippen LogP contribution in [0.3, 0.4) is 0 Å². The fraction of sp³-hybridized carbons (Fsp3) is 0.500. The van der Waals surface area contributed by atoms with Crippen molar-refractivity contribution in [1.29, 1.82) is 0 Å². The number of allylic oxidation sites excluding steroid dienone is 1. The average molecular weight is 178 g/mol. The predicted molar refractivity (Wildman–Crippen MR) is 50.1 cm³/mol. The van der Waals surface area contributed by atoms with E-state index < -0.39 is 0 Å². The van der Waals surface area contributed by atoms with Crippen molar-refractivity contribution in [3.05, 3.63) is 30.6 Å². The highest BCUT2D eigenvalue weighted by Crippen LogP contribution is 2.24. The van der Waals surface area contributed by atoms with Gasteiger partial charge in [0, 0.05) is 31.3 Å². The van der Waals surface area contributed by atoms with E-state index >= 15 is 0 Å². The van der Waals surface area contributed by atoms with Crippen LogP contribution in [0, 0.1) is 5.92 Å². The molecule has 1 atom stereocenters. The Bertz CT molecular complexity index is 316. The Balaban J connectivity index is 1.99. The molecule has 1 unspecified atom stereocenters. The topological polar surface area (TPSA) is 27.1 Å². The lowest BCUT2D eigenvalue weighted by atomic mass is 10.0. The lowest BCUT2D eigenvalue weighted by molar-refractivity contribution is 0.241. The first-order chi connectivity index (χ1) is 6.25. The minimum absolute atomic E-state index is 0.586. The van der Waals surface area contributed by atoms with E-state index in [1.165, 1.54) is 5.69 Å². The normalized spacial score (nSPS) is 21.9. The summed E-state index contributed by atoms with van der Waals surface area (Å²) in [5, 5.41) is 0. The van der Waals surface area contributed by atoms with Crippen LogP contribution in [0.1, 0.15) is 12.1 Å². The lowest BCUT2D eigenvalue weighted by Crippen LogP contribution is -2.06. The molecule has 0 N–H and O–H groups in total. The summed E-state index contributed by atoms with van der Waals surface area (Å²) in [6, 6.07) is 0. The molecule has 0 amide bonds. The zero-order chi connectivity index (χ0) is 9.26. The van der Waals surface area contributed by atoms with Gasteiger partial charge in [0.05, 0.1) is 18.7 Å². The molecule has 2 heterocycles. The van der Waals surface area contributed by atoms with Crippen LogP contribution in [-0.4, -0.2) is 16.2 Å². The molecule has 13 heavy (non-hydrogen) atoms. The second kappa shape index (κ2) is 3.24. The maximum atomic E-state index is 5.33. The first-order valence-corrected chi connectivity index (χ1v) is 4.51. The Morgan fingerprint density at radius 3 is 3.15 bits per heavy atom. The number of aryl methyl sites for hydroxylation is 1. The Hall–Kier alpha value is -1.25. The Kier molecular flexibility index (Phi) is 2.08. The molecule has 1 aliphatic rings. The molecule has 3 nitrogen and oxygen atoms in total. The molecule has 0 radical (unpaired) electrons. The van der Waals surface area contributed by atoms with E-state index in [2.05, 4.69) is 16.1 Å². The van der Waals surface area contributed by atoms with Crippen LogP contribution in [0.15, 0.2) is 24.9 Å². The summed E-state index contributed by atoms with van der Waals surface area (Å²) in [5.41, 5.74) is 1.27. The van der Waals surface area contributed by atoms with Gasteiger partial charge < -0.3 is 9.30 Å². The largest absolute Gasteiger partial charge is 0.498 e. The summed E-state index contributed by atoms with van der Waals surface area (Å²) >= 11 is 0. The van der Waals surface area contributed by atoms with Crippen LogP contribution in [0.2, 0.25) is 0 Å². The first-order valence-electron chi connectivity index (χ1n) is 4.51. The van der Waals surface area contributed by atoms with Gasteiger partial charge >= 0.3 is 0 Å². The van der Waals surface area contributed by atoms with Crippen LogP contribution in [-0.2, 0) is 18.2 Å². The van der Waals surface area contributed by atoms with Crippen molar-refractivity contribution >= 4 is 0 Å². The van der Waals surface area contributed by atoms with E-state index in [-0.39, 0.29) is 0 Å². The molecule has 2 rings (SSSR count). The molecule has 0 saturated carbocycles. The number of aromatic nitrogens is 2. The number of ether oxygens (including phenoxy) is 1. The first kappa shape index (κ1) is 8.35. The number of rotatable bonds is 2. The van der Waals surface area contributed by atoms with Gasteiger partial charge in [0.25, 0.3) is 0 Å². The molecule has 1 aromatic heterocycles. The molecule has 1 saturated heterocycles. The molecular weight excluding hydrogens is 164 g/mol. The Morgan fingerprint density at radius 1 is 1.77 bits per heavy atom. The van der Waals surface area contributed by atoms with Crippen molar-refractivity contribution in [2.45, 2.75) is 12.8 Å². The lowest BCUT2D eigenvalue weighted by Gasteiger charge is -2.05. The van der Waals surface area contributed by atoms with Gasteiger partial charge in [-0.15, -0.1) is 0 Å². The van der Waals surface area contributed by atoms with Crippen molar-refractivity contribution in [1.82, 2.24) is 9.55 Å². The SMILES string of the molecule is C=C1CC(Cc2cncn2C)CO1. The van der Waals surface area contributed by atoms with Gasteiger partial charge in [-0.2, -0.15) is 0 Å². The third-order valence-corrected chi connectivity index (χ3v) is 2.45. The van der Waals surface area contributed by atoms with Gasteiger partial charge in [-0.1, -0.05) is 6.58 Å². The van der Waals surface area contributed by atoms with E-state index in [4.69, 9.17) is 4.74 Å². The zero-order valence-electron chi connectivity index (χ0n) is 7.86. The van der Waals surface area contributed by atoms with E-state index in [9.17, 15) is 0 Å². The molecule has 0 spiro atoms. The second-order valence-corrected chi connectivity index (χ2v) is 3.62. The summed E-state index contributed by atoms with van der Waals surface area (Å²) in [6.45, 7) is 4.62. The minimum Gasteiger partial charge on any atom is -0.498 e. The number of nitrogens with zero attached hydrogens (tertiary/aromatic N) is 2. The highest BCUT2D eigenvalue weighted by atomic mass is 16.5. The van der Waals surface area contributed by atoms with Gasteiger partial charge in [-0.05, 0) is 6.42 Å². The fourth-order valence-electron chi connectivity index (χ4n) is 1.68. The highest BCUT2D eigenvalue weighted by molar-refractivity contribution is 5.02. The summed E-state index contributed by atoms with van der Waals surface area (Å²) < 4.78 is 7.39. The third kappa shape index (κ3) is 1.74. The third-order valence-electron chi connectivity index (χ3n) is 2.45. The molecule has 1 fully saturated rings. The smallest absolute Gasteiger partial charge is 0.0945 e. The van der Waals surface area contributed by atoms with Crippen molar-refractivity contribution in [2.75, 3.05) is 6.61 Å². The molecule has 3 heteroatoms. The molecule has 1 aliphatic heterocycles. The second-order valence-electron chi connectivity index (χ2n) is 3.62. The number of hydrogen-bond donors (Lipinski definition) is 0. The van der Waals surface area contributed by atoms with Crippen molar-refractivity contribution < 1.29 is 4.74 Å². The quantitative estimate of drug-likeness (QED) is 0.686. The van der Waals surface area contributed by atoms with Crippen LogP contribution >= 0.6 is 0 Å². The maximum Gasteiger partial charge on any atom is 0.0945 e. The fourth-order valence-corrected chi connectivity index (χ4v) is 1.68. The monoisotopic (exact) mass is 178 g/mol. The summed E-state index contributed by atoms with van der Waals surface area (Å²) in [4.78, 5) is 4.08. The van der Waals surface area contributed by atoms with Crippen LogP contribution in [0.25, 0.3) is 0 Å². The summed E-state index contributed by atoms with van der Waals surface area (Å²) in [5.74, 6) is 1.51. The Morgan fingerprint density at radius 2 is 2.62 bits per heavy atom. The van der Waals surface area contributed by atoms with E-state index in [1.54, 1.807) is 0 Å². The standard InChI is InChI=1S/C10H14N2O/c1-8-3-9(6-13-8)4-10-5-11-7-12(10)2/h5,7,9H,1,3-4,6H2,2H3. The zero-order valence-corrected chi connectivity index (χ0v) is 7.86. The van der Waals surface area contributed by atoms with Gasteiger partial charge in [0.15, 0.2) is 0 Å². The van der Waals surface area contributed by atoms with Gasteiger partial charge in [0.2, 0.25) is 0 Å². The van der Waals surface area contributed by atoms with E-state index in [1.807, 2.05) is 19.6 Å². The Labute approximate surface area is 78.0 Å². The van der Waals surface area contributed by atoms with E-state index in [0.29, 0.717) is 5.92 Å². The maximum absolute atomic E-state index is 5.33. The van der Waals surface area contributed by atoms with E-state index in [0.717, 1.165) is 25.2 Å². The van der Waals surface area contributed by atoms with Crippen molar-refractivity contribution in [2.24, 2.45) is 13.0 Å². The molecule has 1 aromatic rings. The summed E-state index contributed by atoms with van der Waals surface area (Å²) in [7, 11) is 2.02. The van der Waals surface area contributed by atoms with Crippen LogP contribution in [0.4, 0.5) is 0 Å². The van der Waals surface area contributed by atoms with Gasteiger partial charge in [-0.25, -0.2) is 4.98 Å². The number of imidazole rings is 1. The molecule has 0 aromatic carbocycles. The van der Waals surface area contributed by atoms with Gasteiger partial charge in [-0.3, -0.25) is 0 Å². The highest BCUT2D eigenvalue weighted by Gasteiger charge is 2.20. The van der Waals surface area contributed by atoms with Crippen LogP contribution in [0.5, 0.6) is 0 Å². The van der Waals surface area contributed by atoms with Crippen molar-refractivity contribution in [3.63, 3.8) is 0 Å². The predicted octanol–water partition coefficient (Wildman–Crippen LogP) is 1.51. The van der Waals surface area contributed by atoms with Crippen LogP contribution < -0.4 is 0 Å². The minimum atomic E-state index is 0.586.